The van der Waals surface area contributed by atoms with E-state index in [1.165, 1.54) is 75.3 Å². The Hall–Kier alpha value is -11.2. The highest BCUT2D eigenvalue weighted by atomic mass is 35.5. The predicted octanol–water partition coefficient (Wildman–Crippen LogP) is 22.8. The number of aromatic nitrogens is 4. The van der Waals surface area contributed by atoms with E-state index < -0.39 is 5.41 Å². The zero-order valence-electron chi connectivity index (χ0n) is 71.4. The summed E-state index contributed by atoms with van der Waals surface area (Å²) in [5.74, 6) is 1.28. The lowest BCUT2D eigenvalue weighted by Gasteiger charge is -2.25. The summed E-state index contributed by atoms with van der Waals surface area (Å²) in [6, 6.07) is 54.9. The van der Waals surface area contributed by atoms with E-state index in [1.54, 1.807) is 12.1 Å². The first kappa shape index (κ1) is 86.7. The lowest BCUT2D eigenvalue weighted by molar-refractivity contribution is -0.125. The van der Waals surface area contributed by atoms with E-state index in [-0.39, 0.29) is 35.5 Å². The van der Waals surface area contributed by atoms with Gasteiger partial charge in [0.2, 0.25) is 0 Å². The summed E-state index contributed by atoms with van der Waals surface area (Å²) >= 11 is 6.07. The topological polar surface area (TPSA) is 151 Å². The van der Waals surface area contributed by atoms with E-state index in [9.17, 15) is 29.1 Å². The van der Waals surface area contributed by atoms with Crippen LogP contribution in [0.25, 0.3) is 80.9 Å². The molecule has 618 valence electrons. The number of aliphatic hydroxyl groups is 1. The van der Waals surface area contributed by atoms with Gasteiger partial charge in [-0.15, -0.1) is 0 Å². The highest BCUT2D eigenvalue weighted by Gasteiger charge is 2.30. The molecule has 4 aliphatic heterocycles. The maximum absolute atomic E-state index is 13.6. The average molecular weight is 1620 g/mol. The molecule has 0 atom stereocenters. The van der Waals surface area contributed by atoms with Crippen LogP contribution in [0.4, 0.5) is 17.1 Å². The first-order valence-electron chi connectivity index (χ1n) is 42.8. The van der Waals surface area contributed by atoms with Crippen LogP contribution in [0.15, 0.2) is 170 Å². The molecule has 4 aliphatic rings. The Kier molecular flexibility index (Phi) is 28.1. The summed E-state index contributed by atoms with van der Waals surface area (Å²) in [5.41, 5.74) is 20.4. The minimum Gasteiger partial charge on any atom is -0.392 e. The summed E-state index contributed by atoms with van der Waals surface area (Å²) < 4.78 is 8.52. The van der Waals surface area contributed by atoms with E-state index in [0.29, 0.717) is 60.6 Å². The molecule has 12 aromatic rings. The fourth-order valence-corrected chi connectivity index (χ4v) is 18.0. The molecule has 4 aromatic heterocycles. The summed E-state index contributed by atoms with van der Waals surface area (Å²) in [7, 11) is 0. The van der Waals surface area contributed by atoms with Crippen LogP contribution in [0.5, 0.6) is 0 Å². The van der Waals surface area contributed by atoms with Crippen molar-refractivity contribution in [3.05, 3.63) is 276 Å². The molecular weight excluding hydrogens is 1510 g/mol. The Balaban J connectivity index is 0.000000139. The molecule has 16 rings (SSSR count). The Morgan fingerprint density at radius 1 is 0.375 bits per heavy atom. The van der Waals surface area contributed by atoms with Gasteiger partial charge in [0.15, 0.2) is 40.2 Å². The summed E-state index contributed by atoms with van der Waals surface area (Å²) in [6.07, 6.45) is 14.7. The van der Waals surface area contributed by atoms with E-state index in [0.717, 1.165) is 188 Å². The van der Waals surface area contributed by atoms with Gasteiger partial charge in [0, 0.05) is 106 Å². The third-order valence-electron chi connectivity index (χ3n) is 24.4. The van der Waals surface area contributed by atoms with Gasteiger partial charge in [-0.3, -0.25) is 43.6 Å². The average Bonchev–Trinajstić information content (AvgIpc) is 1.62. The molecule has 0 saturated carbocycles. The van der Waals surface area contributed by atoms with Crippen molar-refractivity contribution in [3.8, 4) is 22.7 Å². The van der Waals surface area contributed by atoms with Crippen LogP contribution >= 0.6 is 11.6 Å². The van der Waals surface area contributed by atoms with Gasteiger partial charge in [0.25, 0.3) is 0 Å². The quantitative estimate of drug-likeness (QED) is 0.0577. The lowest BCUT2D eigenvalue weighted by Crippen LogP contribution is -2.34. The van der Waals surface area contributed by atoms with Crippen molar-refractivity contribution in [3.63, 3.8) is 0 Å². The summed E-state index contributed by atoms with van der Waals surface area (Å²) in [6.45, 7) is 51.8. The predicted molar refractivity (Wildman–Crippen MR) is 487 cm³/mol. The van der Waals surface area contributed by atoms with Crippen LogP contribution in [0.3, 0.4) is 0 Å². The van der Waals surface area contributed by atoms with Gasteiger partial charge in [-0.05, 0) is 258 Å². The molecule has 17 nitrogen and oxygen atoms in total. The molecule has 120 heavy (non-hydrogen) atoms. The number of fused-ring (bicyclic) bond motifs is 4. The van der Waals surface area contributed by atoms with E-state index in [4.69, 9.17) is 31.3 Å². The molecule has 0 unspecified atom stereocenters. The maximum atomic E-state index is 13.6. The number of ketones is 5. The lowest BCUT2D eigenvalue weighted by atomic mass is 9.87. The van der Waals surface area contributed by atoms with Crippen molar-refractivity contribution < 1.29 is 29.1 Å². The van der Waals surface area contributed by atoms with Crippen molar-refractivity contribution in [2.75, 3.05) is 78.5 Å². The Morgan fingerprint density at radius 2 is 0.692 bits per heavy atom. The first-order valence-corrected chi connectivity index (χ1v) is 43.1. The first-order chi connectivity index (χ1) is 57.8. The number of hydrogen-bond acceptors (Lipinski definition) is 10. The van der Waals surface area contributed by atoms with Gasteiger partial charge in [-0.2, -0.15) is 0 Å². The van der Waals surface area contributed by atoms with Crippen molar-refractivity contribution in [1.82, 2.24) is 37.9 Å². The zero-order chi connectivity index (χ0) is 85.1. The van der Waals surface area contributed by atoms with Gasteiger partial charge in [-0.25, -0.2) is 14.5 Å². The normalized spacial score (nSPS) is 14.9. The number of aliphatic hydroxyl groups excluding tert-OH is 1. The smallest absolute Gasteiger partial charge is 0.187 e. The molecule has 0 amide bonds. The summed E-state index contributed by atoms with van der Waals surface area (Å²) in [5, 5.41) is 14.1. The molecule has 0 spiro atoms. The molecule has 4 fully saturated rings. The number of benzene rings is 8. The van der Waals surface area contributed by atoms with E-state index >= 15 is 0 Å². The fraction of sp³-hybridized carbons (Fsp3) is 0.373. The largest absolute Gasteiger partial charge is 0.392 e. The Labute approximate surface area is 712 Å². The SMILES string of the molecule is Cc1c(C(=O)CN2CCCCC2)c2ccc(CO)cc2n1-c1ccc(Cl)cc1.[C-]#[N+]c1ccc(-n2c(C)c(C(=O)CN3CCCCC3)c3cc(CC(=O)C(C)(C)C)ccc32)cc1.[C-]#[N+]c1ccc(-n2c(C)c(C(=O)CN3CCCCC3)c3ccc(C(C)C)cc32)cc1.[C-]#[N+]c1ccc(-n2c(C)c(C(=O)CN3CCCCC3)c3ccc(C)cc32)cc1. The van der Waals surface area contributed by atoms with E-state index in [2.05, 4.69) is 110 Å². The second-order valence-electron chi connectivity index (χ2n) is 34.2. The second-order valence-corrected chi connectivity index (χ2v) is 34.7. The fourth-order valence-electron chi connectivity index (χ4n) is 17.9. The van der Waals surface area contributed by atoms with Gasteiger partial charge >= 0.3 is 0 Å². The van der Waals surface area contributed by atoms with Crippen LogP contribution in [0.1, 0.15) is 204 Å². The molecule has 1 N–H and O–H groups in total. The number of likely N-dealkylation sites (tertiary alicyclic amines) is 4. The van der Waals surface area contributed by atoms with Crippen LogP contribution in [0, 0.1) is 59.8 Å². The van der Waals surface area contributed by atoms with Crippen LogP contribution in [0.2, 0.25) is 5.02 Å². The van der Waals surface area contributed by atoms with Gasteiger partial charge in [0.1, 0.15) is 5.78 Å². The molecule has 8 aromatic carbocycles. The highest BCUT2D eigenvalue weighted by molar-refractivity contribution is 6.30. The van der Waals surface area contributed by atoms with Crippen molar-refractivity contribution >= 4 is 101 Å². The van der Waals surface area contributed by atoms with Crippen molar-refractivity contribution in [2.24, 2.45) is 5.41 Å². The number of piperidine rings is 4. The van der Waals surface area contributed by atoms with Crippen LogP contribution < -0.4 is 0 Å². The number of halogens is 1. The third kappa shape index (κ3) is 19.6. The highest BCUT2D eigenvalue weighted by Crippen LogP contribution is 2.38. The molecule has 0 aliphatic carbocycles. The Bertz CT molecular complexity index is 5890. The van der Waals surface area contributed by atoms with Crippen molar-refractivity contribution in [1.29, 1.82) is 0 Å². The molecule has 4 saturated heterocycles. The molecular formula is C102H112ClN11O6. The van der Waals surface area contributed by atoms with E-state index in [1.807, 2.05) is 170 Å². The monoisotopic (exact) mass is 1620 g/mol. The summed E-state index contributed by atoms with van der Waals surface area (Å²) in [4.78, 5) is 85.9. The number of rotatable bonds is 20. The number of Topliss-reactive ketones (excluding diaryl/α,β-unsaturated/α-hetero) is 5. The molecule has 18 heteroatoms. The minimum atomic E-state index is -0.408. The second kappa shape index (κ2) is 38.9. The van der Waals surface area contributed by atoms with Gasteiger partial charge < -0.3 is 23.4 Å². The minimum absolute atomic E-state index is 0.0299. The molecule has 0 radical (unpaired) electrons. The Morgan fingerprint density at radius 3 is 1.04 bits per heavy atom. The standard InChI is InChI=1S/C29H33N3O2.C26H29N3O.C24H25N3O.C23H25ClN2O2/c1-20-28(26(33)19-31-15-7-6-8-16-31)24-17-21(18-27(34)29(2,3)4)9-14-25(24)32(20)23-12-10-22(30-5)11-13-23;1-18(2)20-8-13-23-24(16-20)29(22-11-9-21(27-4)10-12-22)19(3)26(23)25(30)17-28-14-6-5-7-15-28;1-17-7-12-21-22(15-17)27(20-10-8-19(25-3)9-11-20)18(2)24(21)23(28)16-26-13-5-4-6-14-26;1-16-23(22(28)14-25-11-3-2-4-12-25)20-10-5-17(15-27)13-21(20)26(16)19-8-6-18(24)7-9-19/h9-14,17H,6-8,15-16,18-19H2,1-4H3;8-13,16,18H,5-7,14-15,17H2,1-3H3;7-12,15H,4-6,13-14,16H2,1-2H3;5-10,13,27H,2-4,11-12,14-15H2,1H3. The van der Waals surface area contributed by atoms with Gasteiger partial charge in [-0.1, -0.05) is 151 Å². The van der Waals surface area contributed by atoms with Crippen LogP contribution in [-0.2, 0) is 17.8 Å². The molecule has 0 bridgehead atoms. The van der Waals surface area contributed by atoms with Crippen LogP contribution in [-0.4, -0.2) is 150 Å². The maximum Gasteiger partial charge on any atom is 0.187 e. The number of nitrogens with zero attached hydrogens (tertiary/aromatic N) is 11. The van der Waals surface area contributed by atoms with Gasteiger partial charge in [0.05, 0.1) is 74.6 Å². The zero-order valence-corrected chi connectivity index (χ0v) is 72.2. The molecule has 8 heterocycles. The number of carbonyl (C=O) groups is 5. The number of carbonyl (C=O) groups excluding carboxylic acids is 5. The van der Waals surface area contributed by atoms with Crippen molar-refractivity contribution in [2.45, 2.75) is 165 Å². The number of hydrogen-bond donors (Lipinski definition) is 1. The number of aryl methyl sites for hydroxylation is 1. The third-order valence-corrected chi connectivity index (χ3v) is 24.6.